The quantitative estimate of drug-likeness (QED) is 0.515. The van der Waals surface area contributed by atoms with Crippen molar-refractivity contribution in [2.24, 2.45) is 0 Å². The van der Waals surface area contributed by atoms with Crippen LogP contribution in [0.5, 0.6) is 5.75 Å². The average Bonchev–Trinajstić information content (AvgIpc) is 2.81. The first-order valence-electron chi connectivity index (χ1n) is 11.6. The molecule has 1 heterocycles. The SMILES string of the molecule is CCOC(=O)CCN1CCOC2c3ccc(OCc4c(Cl)cccc4CC)cc3CCC21. The fraction of sp³-hybridized carbons (Fsp3) is 0.500. The molecule has 1 fully saturated rings. The first-order valence-corrected chi connectivity index (χ1v) is 12.0. The van der Waals surface area contributed by atoms with E-state index in [0.29, 0.717) is 32.3 Å². The van der Waals surface area contributed by atoms with Gasteiger partial charge in [-0.2, -0.15) is 0 Å². The maximum atomic E-state index is 11.8. The van der Waals surface area contributed by atoms with E-state index in [2.05, 4.69) is 30.0 Å². The molecule has 1 aliphatic carbocycles. The molecule has 6 heteroatoms. The Balaban J connectivity index is 1.43. The lowest BCUT2D eigenvalue weighted by molar-refractivity contribution is -0.144. The lowest BCUT2D eigenvalue weighted by Gasteiger charge is -2.44. The van der Waals surface area contributed by atoms with Gasteiger partial charge in [0.25, 0.3) is 0 Å². The molecule has 0 saturated carbocycles. The van der Waals surface area contributed by atoms with Crippen molar-refractivity contribution >= 4 is 17.6 Å². The summed E-state index contributed by atoms with van der Waals surface area (Å²) in [5.41, 5.74) is 4.80. The van der Waals surface area contributed by atoms with E-state index in [1.807, 2.05) is 25.1 Å². The Morgan fingerprint density at radius 1 is 1.25 bits per heavy atom. The number of halogens is 1. The van der Waals surface area contributed by atoms with Crippen LogP contribution in [0, 0.1) is 0 Å². The third-order valence-electron chi connectivity index (χ3n) is 6.51. The van der Waals surface area contributed by atoms with Gasteiger partial charge >= 0.3 is 5.97 Å². The summed E-state index contributed by atoms with van der Waals surface area (Å²) in [7, 11) is 0. The van der Waals surface area contributed by atoms with E-state index in [-0.39, 0.29) is 12.1 Å². The number of benzene rings is 2. The second kappa shape index (κ2) is 10.7. The van der Waals surface area contributed by atoms with E-state index in [1.165, 1.54) is 16.7 Å². The monoisotopic (exact) mass is 457 g/mol. The summed E-state index contributed by atoms with van der Waals surface area (Å²) in [6.45, 7) is 7.12. The van der Waals surface area contributed by atoms with Crippen molar-refractivity contribution in [2.45, 2.75) is 58.3 Å². The van der Waals surface area contributed by atoms with Crippen LogP contribution in [0.15, 0.2) is 36.4 Å². The summed E-state index contributed by atoms with van der Waals surface area (Å²) in [6, 6.07) is 12.6. The highest BCUT2D eigenvalue weighted by molar-refractivity contribution is 6.31. The fourth-order valence-electron chi connectivity index (χ4n) is 4.86. The Morgan fingerprint density at radius 2 is 2.12 bits per heavy atom. The van der Waals surface area contributed by atoms with Crippen LogP contribution in [-0.4, -0.2) is 43.2 Å². The van der Waals surface area contributed by atoms with Crippen molar-refractivity contribution in [3.05, 3.63) is 63.7 Å². The summed E-state index contributed by atoms with van der Waals surface area (Å²) in [5, 5.41) is 0.753. The number of morpholine rings is 1. The minimum Gasteiger partial charge on any atom is -0.489 e. The summed E-state index contributed by atoms with van der Waals surface area (Å²) < 4.78 is 17.4. The molecule has 2 aromatic rings. The molecule has 0 N–H and O–H groups in total. The van der Waals surface area contributed by atoms with E-state index in [0.717, 1.165) is 48.7 Å². The molecule has 2 aliphatic rings. The van der Waals surface area contributed by atoms with Crippen LogP contribution in [0.3, 0.4) is 0 Å². The van der Waals surface area contributed by atoms with Gasteiger partial charge in [0.2, 0.25) is 0 Å². The average molecular weight is 458 g/mol. The number of carbonyl (C=O) groups is 1. The van der Waals surface area contributed by atoms with Crippen LogP contribution in [0.2, 0.25) is 5.02 Å². The zero-order chi connectivity index (χ0) is 22.5. The van der Waals surface area contributed by atoms with E-state index >= 15 is 0 Å². The molecule has 0 bridgehead atoms. The van der Waals surface area contributed by atoms with Crippen LogP contribution in [0.1, 0.15) is 55.0 Å². The number of ether oxygens (including phenoxy) is 3. The van der Waals surface area contributed by atoms with Gasteiger partial charge in [-0.1, -0.05) is 36.7 Å². The molecule has 0 amide bonds. The van der Waals surface area contributed by atoms with E-state index in [9.17, 15) is 4.79 Å². The van der Waals surface area contributed by atoms with Crippen LogP contribution in [-0.2, 0) is 33.7 Å². The normalized spacial score (nSPS) is 20.3. The molecule has 2 aromatic carbocycles. The van der Waals surface area contributed by atoms with Gasteiger partial charge in [-0.05, 0) is 61.1 Å². The Morgan fingerprint density at radius 3 is 2.94 bits per heavy atom. The van der Waals surface area contributed by atoms with Crippen molar-refractivity contribution in [2.75, 3.05) is 26.3 Å². The predicted molar refractivity (Wildman–Crippen MR) is 125 cm³/mol. The van der Waals surface area contributed by atoms with Gasteiger partial charge in [0.15, 0.2) is 0 Å². The summed E-state index contributed by atoms with van der Waals surface area (Å²) in [5.74, 6) is 0.734. The molecule has 1 saturated heterocycles. The van der Waals surface area contributed by atoms with Crippen molar-refractivity contribution in [3.63, 3.8) is 0 Å². The standard InChI is InChI=1S/C26H32ClNO4/c1-3-18-6-5-7-23(27)22(18)17-32-20-9-10-21-19(16-20)8-11-24-26(21)31-15-14-28(24)13-12-25(29)30-4-2/h5-7,9-10,16,24,26H,3-4,8,11-15,17H2,1-2H3. The Labute approximate surface area is 195 Å². The zero-order valence-corrected chi connectivity index (χ0v) is 19.7. The maximum absolute atomic E-state index is 11.8. The topological polar surface area (TPSA) is 48.0 Å². The Kier molecular flexibility index (Phi) is 7.71. The molecule has 2 unspecified atom stereocenters. The number of rotatable bonds is 8. The van der Waals surface area contributed by atoms with Crippen LogP contribution < -0.4 is 4.74 Å². The Bertz CT molecular complexity index is 947. The number of fused-ring (bicyclic) bond motifs is 3. The molecule has 172 valence electrons. The van der Waals surface area contributed by atoms with Crippen molar-refractivity contribution in [1.82, 2.24) is 4.90 Å². The molecule has 2 atom stereocenters. The molecular formula is C26H32ClNO4. The van der Waals surface area contributed by atoms with Gasteiger partial charge < -0.3 is 14.2 Å². The van der Waals surface area contributed by atoms with Gasteiger partial charge in [-0.25, -0.2) is 0 Å². The first-order chi connectivity index (χ1) is 15.6. The van der Waals surface area contributed by atoms with E-state index in [1.54, 1.807) is 0 Å². The van der Waals surface area contributed by atoms with Crippen LogP contribution >= 0.6 is 11.6 Å². The summed E-state index contributed by atoms with van der Waals surface area (Å²) in [4.78, 5) is 14.2. The van der Waals surface area contributed by atoms with Gasteiger partial charge in [0.1, 0.15) is 12.4 Å². The van der Waals surface area contributed by atoms with Gasteiger partial charge in [-0.15, -0.1) is 0 Å². The number of hydrogen-bond acceptors (Lipinski definition) is 5. The molecule has 0 spiro atoms. The van der Waals surface area contributed by atoms with Crippen LogP contribution in [0.25, 0.3) is 0 Å². The minimum atomic E-state index is -0.127. The molecule has 0 radical (unpaired) electrons. The van der Waals surface area contributed by atoms with Gasteiger partial charge in [-0.3, -0.25) is 9.69 Å². The fourth-order valence-corrected chi connectivity index (χ4v) is 5.11. The molecule has 5 nitrogen and oxygen atoms in total. The van der Waals surface area contributed by atoms with Crippen molar-refractivity contribution < 1.29 is 19.0 Å². The maximum Gasteiger partial charge on any atom is 0.307 e. The Hall–Kier alpha value is -2.08. The summed E-state index contributed by atoms with van der Waals surface area (Å²) in [6.07, 6.45) is 3.38. The zero-order valence-electron chi connectivity index (χ0n) is 18.9. The van der Waals surface area contributed by atoms with Crippen LogP contribution in [0.4, 0.5) is 0 Å². The lowest BCUT2D eigenvalue weighted by atomic mass is 9.84. The van der Waals surface area contributed by atoms with Crippen molar-refractivity contribution in [1.29, 1.82) is 0 Å². The molecule has 4 rings (SSSR count). The number of nitrogens with zero attached hydrogens (tertiary/aromatic N) is 1. The highest BCUT2D eigenvalue weighted by Crippen LogP contribution is 2.39. The highest BCUT2D eigenvalue weighted by Gasteiger charge is 2.37. The molecule has 32 heavy (non-hydrogen) atoms. The lowest BCUT2D eigenvalue weighted by Crippen LogP contribution is -2.49. The summed E-state index contributed by atoms with van der Waals surface area (Å²) >= 11 is 6.41. The minimum absolute atomic E-state index is 0.0407. The molecule has 1 aliphatic heterocycles. The number of aryl methyl sites for hydroxylation is 2. The van der Waals surface area contributed by atoms with E-state index < -0.39 is 0 Å². The second-order valence-corrected chi connectivity index (χ2v) is 8.78. The first kappa shape index (κ1) is 23.1. The predicted octanol–water partition coefficient (Wildman–Crippen LogP) is 5.12. The third kappa shape index (κ3) is 5.11. The molecule has 0 aromatic heterocycles. The number of hydrogen-bond donors (Lipinski definition) is 0. The van der Waals surface area contributed by atoms with Gasteiger partial charge in [0, 0.05) is 29.7 Å². The third-order valence-corrected chi connectivity index (χ3v) is 6.87. The van der Waals surface area contributed by atoms with Crippen molar-refractivity contribution in [3.8, 4) is 5.75 Å². The largest absolute Gasteiger partial charge is 0.489 e. The van der Waals surface area contributed by atoms with E-state index in [4.69, 9.17) is 25.8 Å². The highest BCUT2D eigenvalue weighted by atomic mass is 35.5. The van der Waals surface area contributed by atoms with Gasteiger partial charge in [0.05, 0.1) is 25.7 Å². The molecular weight excluding hydrogens is 426 g/mol. The number of carbonyl (C=O) groups excluding carboxylic acids is 1. The second-order valence-electron chi connectivity index (χ2n) is 8.37. The number of esters is 1. The smallest absolute Gasteiger partial charge is 0.307 e.